The lowest BCUT2D eigenvalue weighted by Crippen LogP contribution is -2.35. The molecule has 0 aromatic heterocycles. The fraction of sp³-hybridized carbons (Fsp3) is 0.308. The van der Waals surface area contributed by atoms with Crippen LogP contribution in [0.25, 0.3) is 10.8 Å². The first-order valence-electron chi connectivity index (χ1n) is 11.3. The largest absolute Gasteiger partial charge is 0.385 e. The second kappa shape index (κ2) is 9.83. The molecule has 3 aromatic carbocycles. The van der Waals surface area contributed by atoms with Crippen LogP contribution in [0, 0.1) is 0 Å². The van der Waals surface area contributed by atoms with E-state index in [4.69, 9.17) is 0 Å². The fourth-order valence-electron chi connectivity index (χ4n) is 4.27. The third-order valence-electron chi connectivity index (χ3n) is 5.91. The summed E-state index contributed by atoms with van der Waals surface area (Å²) >= 11 is 0. The zero-order chi connectivity index (χ0) is 22.5. The van der Waals surface area contributed by atoms with Gasteiger partial charge in [-0.2, -0.15) is 0 Å². The normalized spacial score (nSPS) is 16.5. The molecule has 6 heteroatoms. The van der Waals surface area contributed by atoms with Gasteiger partial charge in [-0.15, -0.1) is 0 Å². The summed E-state index contributed by atoms with van der Waals surface area (Å²) in [6, 6.07) is 19.4. The molecule has 4 rings (SSSR count). The first kappa shape index (κ1) is 21.8. The molecule has 1 aliphatic rings. The molecule has 2 atom stereocenters. The monoisotopic (exact) mass is 430 g/mol. The van der Waals surface area contributed by atoms with Gasteiger partial charge in [0.2, 0.25) is 5.91 Å². The number of benzene rings is 3. The van der Waals surface area contributed by atoms with E-state index in [2.05, 4.69) is 39.5 Å². The minimum Gasteiger partial charge on any atom is -0.385 e. The van der Waals surface area contributed by atoms with Gasteiger partial charge < -0.3 is 21.3 Å². The topological polar surface area (TPSA) is 82.3 Å². The smallest absolute Gasteiger partial charge is 0.253 e. The van der Waals surface area contributed by atoms with Crippen molar-refractivity contribution in [1.82, 2.24) is 10.6 Å². The minimum atomic E-state index is -0.184. The molecule has 32 heavy (non-hydrogen) atoms. The fourth-order valence-corrected chi connectivity index (χ4v) is 4.27. The maximum absolute atomic E-state index is 13.3. The van der Waals surface area contributed by atoms with E-state index in [1.54, 1.807) is 6.07 Å². The van der Waals surface area contributed by atoms with Crippen molar-refractivity contribution in [1.29, 1.82) is 0 Å². The van der Waals surface area contributed by atoms with E-state index in [0.29, 0.717) is 17.8 Å². The highest BCUT2D eigenvalue weighted by molar-refractivity contribution is 6.03. The zero-order valence-corrected chi connectivity index (χ0v) is 18.6. The molecule has 1 heterocycles. The summed E-state index contributed by atoms with van der Waals surface area (Å²) in [5.74, 6) is -0.245. The van der Waals surface area contributed by atoms with Crippen LogP contribution in [0.1, 0.15) is 48.7 Å². The quantitative estimate of drug-likeness (QED) is 0.446. The second-order valence-corrected chi connectivity index (χ2v) is 8.19. The van der Waals surface area contributed by atoms with Crippen molar-refractivity contribution in [2.45, 2.75) is 38.8 Å². The molecular formula is C26H30N4O2. The van der Waals surface area contributed by atoms with Gasteiger partial charge in [0.25, 0.3) is 5.91 Å². The number of nitrogens with one attached hydrogen (secondary N) is 4. The van der Waals surface area contributed by atoms with Gasteiger partial charge in [-0.3, -0.25) is 9.59 Å². The Morgan fingerprint density at radius 1 is 1.09 bits per heavy atom. The Morgan fingerprint density at radius 3 is 2.69 bits per heavy atom. The van der Waals surface area contributed by atoms with Crippen molar-refractivity contribution in [3.63, 3.8) is 0 Å². The summed E-state index contributed by atoms with van der Waals surface area (Å²) in [6.45, 7) is 5.53. The summed E-state index contributed by atoms with van der Waals surface area (Å²) in [6.07, 6.45) is 1.83. The Balaban J connectivity index is 1.56. The molecule has 1 fully saturated rings. The number of carbonyl (C=O) groups is 2. The third-order valence-corrected chi connectivity index (χ3v) is 5.91. The average molecular weight is 431 g/mol. The first-order chi connectivity index (χ1) is 15.6. The molecule has 0 spiro atoms. The lowest BCUT2D eigenvalue weighted by atomic mass is 9.99. The molecule has 1 aliphatic heterocycles. The highest BCUT2D eigenvalue weighted by Gasteiger charge is 2.23. The van der Waals surface area contributed by atoms with E-state index in [9.17, 15) is 9.59 Å². The van der Waals surface area contributed by atoms with Crippen LogP contribution < -0.4 is 21.3 Å². The summed E-state index contributed by atoms with van der Waals surface area (Å²) in [4.78, 5) is 25.8. The van der Waals surface area contributed by atoms with Crippen molar-refractivity contribution < 1.29 is 9.59 Å². The van der Waals surface area contributed by atoms with Crippen LogP contribution in [0.3, 0.4) is 0 Å². The van der Waals surface area contributed by atoms with Gasteiger partial charge in [0.05, 0.1) is 17.6 Å². The van der Waals surface area contributed by atoms with Gasteiger partial charge >= 0.3 is 0 Å². The lowest BCUT2D eigenvalue weighted by molar-refractivity contribution is -0.117. The van der Waals surface area contributed by atoms with E-state index in [-0.39, 0.29) is 23.9 Å². The van der Waals surface area contributed by atoms with E-state index >= 15 is 0 Å². The molecule has 0 bridgehead atoms. The van der Waals surface area contributed by atoms with Crippen LogP contribution in [0.4, 0.5) is 11.4 Å². The third kappa shape index (κ3) is 4.75. The molecule has 3 aromatic rings. The van der Waals surface area contributed by atoms with Crippen LogP contribution in [-0.2, 0) is 4.79 Å². The van der Waals surface area contributed by atoms with Crippen LogP contribution in [0.2, 0.25) is 0 Å². The van der Waals surface area contributed by atoms with Crippen molar-refractivity contribution in [3.8, 4) is 0 Å². The zero-order valence-electron chi connectivity index (χ0n) is 18.6. The predicted molar refractivity (Wildman–Crippen MR) is 130 cm³/mol. The maximum Gasteiger partial charge on any atom is 0.253 e. The SMILES string of the molecule is CCNc1ccc(NC(=O)[C@H]2CCCN2)cc1C(=O)N[C@H](C)c1cccc2ccccc12. The molecular weight excluding hydrogens is 400 g/mol. The number of hydrogen-bond acceptors (Lipinski definition) is 4. The Morgan fingerprint density at radius 2 is 1.91 bits per heavy atom. The molecule has 4 N–H and O–H groups in total. The summed E-state index contributed by atoms with van der Waals surface area (Å²) in [5.41, 5.74) is 2.94. The number of carbonyl (C=O) groups excluding carboxylic acids is 2. The summed E-state index contributed by atoms with van der Waals surface area (Å²) in [5, 5.41) is 14.8. The Labute approximate surface area is 188 Å². The van der Waals surface area contributed by atoms with E-state index in [1.165, 1.54) is 0 Å². The lowest BCUT2D eigenvalue weighted by Gasteiger charge is -2.19. The highest BCUT2D eigenvalue weighted by Crippen LogP contribution is 2.26. The van der Waals surface area contributed by atoms with Crippen LogP contribution >= 0.6 is 0 Å². The number of rotatable bonds is 7. The van der Waals surface area contributed by atoms with Gasteiger partial charge in [0, 0.05) is 17.9 Å². The van der Waals surface area contributed by atoms with E-state index < -0.39 is 0 Å². The Bertz CT molecular complexity index is 1120. The van der Waals surface area contributed by atoms with Crippen molar-refractivity contribution in [2.24, 2.45) is 0 Å². The Hall–Kier alpha value is -3.38. The summed E-state index contributed by atoms with van der Waals surface area (Å²) < 4.78 is 0. The maximum atomic E-state index is 13.3. The van der Waals surface area contributed by atoms with E-state index in [1.807, 2.05) is 50.2 Å². The molecule has 1 saturated heterocycles. The molecule has 0 aliphatic carbocycles. The predicted octanol–water partition coefficient (Wildman–Crippen LogP) is 4.45. The highest BCUT2D eigenvalue weighted by atomic mass is 16.2. The van der Waals surface area contributed by atoms with Crippen molar-refractivity contribution >= 4 is 34.0 Å². The minimum absolute atomic E-state index is 0.0609. The van der Waals surface area contributed by atoms with Gasteiger partial charge in [-0.05, 0) is 67.8 Å². The van der Waals surface area contributed by atoms with Gasteiger partial charge in [-0.1, -0.05) is 42.5 Å². The number of amides is 2. The number of anilines is 2. The van der Waals surface area contributed by atoms with Gasteiger partial charge in [-0.25, -0.2) is 0 Å². The van der Waals surface area contributed by atoms with Crippen molar-refractivity contribution in [2.75, 3.05) is 23.7 Å². The van der Waals surface area contributed by atoms with Crippen LogP contribution in [-0.4, -0.2) is 30.9 Å². The average Bonchev–Trinajstić information content (AvgIpc) is 3.35. The number of fused-ring (bicyclic) bond motifs is 1. The molecule has 0 radical (unpaired) electrons. The molecule has 0 unspecified atom stereocenters. The molecule has 2 amide bonds. The number of hydrogen-bond donors (Lipinski definition) is 4. The molecule has 166 valence electrons. The van der Waals surface area contributed by atoms with Crippen LogP contribution in [0.15, 0.2) is 60.7 Å². The summed E-state index contributed by atoms with van der Waals surface area (Å²) in [7, 11) is 0. The standard InChI is InChI=1S/C26H30N4O2/c1-3-27-23-14-13-19(30-26(32)24-12-7-15-28-24)16-22(23)25(31)29-17(2)20-11-6-9-18-8-4-5-10-21(18)20/h4-6,8-11,13-14,16-17,24,27-28H,3,7,12,15H2,1-2H3,(H,29,31)(H,30,32)/t17-,24-/m1/s1. The Kier molecular flexibility index (Phi) is 6.71. The van der Waals surface area contributed by atoms with Gasteiger partial charge in [0.1, 0.15) is 0 Å². The first-order valence-corrected chi connectivity index (χ1v) is 11.3. The van der Waals surface area contributed by atoms with Crippen molar-refractivity contribution in [3.05, 3.63) is 71.8 Å². The van der Waals surface area contributed by atoms with Crippen LogP contribution in [0.5, 0.6) is 0 Å². The molecule has 6 nitrogen and oxygen atoms in total. The van der Waals surface area contributed by atoms with Gasteiger partial charge in [0.15, 0.2) is 0 Å². The second-order valence-electron chi connectivity index (χ2n) is 8.19. The molecule has 0 saturated carbocycles. The van der Waals surface area contributed by atoms with E-state index in [0.717, 1.165) is 41.4 Å².